The zero-order valence-corrected chi connectivity index (χ0v) is 12.7. The molecule has 0 spiro atoms. The Morgan fingerprint density at radius 1 is 1.14 bits per heavy atom. The first-order chi connectivity index (χ1) is 10.4. The zero-order chi connectivity index (χ0) is 16.2. The van der Waals surface area contributed by atoms with Gasteiger partial charge in [0.25, 0.3) is 0 Å². The first-order valence-corrected chi connectivity index (χ1v) is 7.90. The Hall–Kier alpha value is -2.32. The van der Waals surface area contributed by atoms with Crippen molar-refractivity contribution in [2.24, 2.45) is 0 Å². The van der Waals surface area contributed by atoms with E-state index in [2.05, 4.69) is 14.8 Å². The molecule has 2 rings (SSSR count). The number of hydrogen-bond donors (Lipinski definition) is 3. The highest BCUT2D eigenvalue weighted by atomic mass is 32.3. The highest BCUT2D eigenvalue weighted by Crippen LogP contribution is 2.31. The molecule has 22 heavy (non-hydrogen) atoms. The molecule has 0 aliphatic heterocycles. The second-order valence-electron chi connectivity index (χ2n) is 4.58. The maximum Gasteiger partial charge on any atom is 0.446 e. The van der Waals surface area contributed by atoms with E-state index in [4.69, 9.17) is 4.55 Å². The number of carbonyl (C=O) groups is 1. The third-order valence-corrected chi connectivity index (χ3v) is 3.28. The van der Waals surface area contributed by atoms with Crippen LogP contribution in [-0.2, 0) is 15.2 Å². The lowest BCUT2D eigenvalue weighted by atomic mass is 10.1. The van der Waals surface area contributed by atoms with Gasteiger partial charge in [0, 0.05) is 36.5 Å². The number of hydrogen-bond acceptors (Lipinski definition) is 5. The van der Waals surface area contributed by atoms with Gasteiger partial charge in [-0.25, -0.2) is 0 Å². The van der Waals surface area contributed by atoms with E-state index in [1.807, 2.05) is 6.07 Å². The minimum Gasteiger partial charge on any atom is -0.383 e. The smallest absolute Gasteiger partial charge is 0.383 e. The van der Waals surface area contributed by atoms with Crippen molar-refractivity contribution in [3.8, 4) is 5.75 Å². The zero-order valence-electron chi connectivity index (χ0n) is 11.9. The second-order valence-corrected chi connectivity index (χ2v) is 5.60. The molecule has 118 valence electrons. The Bertz CT molecular complexity index is 789. The third kappa shape index (κ3) is 4.34. The van der Waals surface area contributed by atoms with Crippen molar-refractivity contribution >= 4 is 32.8 Å². The summed E-state index contributed by atoms with van der Waals surface area (Å²) in [7, 11) is -4.58. The van der Waals surface area contributed by atoms with Gasteiger partial charge < -0.3 is 14.8 Å². The van der Waals surface area contributed by atoms with Gasteiger partial charge in [0.15, 0.2) is 5.75 Å². The van der Waals surface area contributed by atoms with Crippen LogP contribution in [0.15, 0.2) is 36.4 Å². The molecule has 7 nitrogen and oxygen atoms in total. The molecular formula is C14H16N2O5S. The first kappa shape index (κ1) is 16.1. The minimum absolute atomic E-state index is 0.0468. The van der Waals surface area contributed by atoms with E-state index in [0.29, 0.717) is 18.5 Å². The molecule has 1 amide bonds. The molecule has 0 aliphatic carbocycles. The van der Waals surface area contributed by atoms with Crippen molar-refractivity contribution in [2.75, 3.05) is 18.4 Å². The van der Waals surface area contributed by atoms with Gasteiger partial charge >= 0.3 is 10.4 Å². The number of anilines is 1. The van der Waals surface area contributed by atoms with E-state index in [1.165, 1.54) is 13.0 Å². The van der Waals surface area contributed by atoms with E-state index in [0.717, 1.165) is 11.1 Å². The molecule has 0 atom stereocenters. The van der Waals surface area contributed by atoms with Crippen LogP contribution in [0.3, 0.4) is 0 Å². The summed E-state index contributed by atoms with van der Waals surface area (Å²) in [4.78, 5) is 10.8. The molecule has 8 heteroatoms. The largest absolute Gasteiger partial charge is 0.446 e. The molecular weight excluding hydrogens is 308 g/mol. The molecule has 0 heterocycles. The summed E-state index contributed by atoms with van der Waals surface area (Å²) < 4.78 is 35.2. The van der Waals surface area contributed by atoms with Gasteiger partial charge in [-0.3, -0.25) is 9.35 Å². The van der Waals surface area contributed by atoms with Crippen LogP contribution in [0.25, 0.3) is 10.8 Å². The van der Waals surface area contributed by atoms with Crippen LogP contribution < -0.4 is 14.8 Å². The fourth-order valence-corrected chi connectivity index (χ4v) is 2.43. The van der Waals surface area contributed by atoms with E-state index < -0.39 is 10.4 Å². The number of rotatable bonds is 6. The topological polar surface area (TPSA) is 105 Å². The summed E-state index contributed by atoms with van der Waals surface area (Å²) in [6.07, 6.45) is 0. The Morgan fingerprint density at radius 2 is 1.82 bits per heavy atom. The minimum atomic E-state index is -4.58. The quantitative estimate of drug-likeness (QED) is 0.550. The number of fused-ring (bicyclic) bond motifs is 1. The summed E-state index contributed by atoms with van der Waals surface area (Å²) in [6, 6.07) is 10.1. The molecule has 2 aromatic rings. The highest BCUT2D eigenvalue weighted by Gasteiger charge is 2.11. The van der Waals surface area contributed by atoms with Crippen LogP contribution >= 0.6 is 0 Å². The molecule has 0 bridgehead atoms. The Balaban J connectivity index is 2.26. The number of carbonyl (C=O) groups excluding carboxylic acids is 1. The Labute approximate surface area is 128 Å². The highest BCUT2D eigenvalue weighted by molar-refractivity contribution is 7.81. The predicted molar refractivity (Wildman–Crippen MR) is 83.3 cm³/mol. The van der Waals surface area contributed by atoms with Crippen LogP contribution in [0.1, 0.15) is 6.92 Å². The predicted octanol–water partition coefficient (Wildman–Crippen LogP) is 1.57. The van der Waals surface area contributed by atoms with E-state index in [-0.39, 0.29) is 11.7 Å². The van der Waals surface area contributed by atoms with Crippen molar-refractivity contribution < 1.29 is 21.9 Å². The van der Waals surface area contributed by atoms with Crippen LogP contribution in [0.4, 0.5) is 5.69 Å². The first-order valence-electron chi connectivity index (χ1n) is 6.54. The summed E-state index contributed by atoms with van der Waals surface area (Å²) in [5.74, 6) is -0.0610. The van der Waals surface area contributed by atoms with Crippen LogP contribution in [0, 0.1) is 0 Å². The van der Waals surface area contributed by atoms with Crippen LogP contribution in [0.2, 0.25) is 0 Å². The molecule has 2 aromatic carbocycles. The molecule has 3 N–H and O–H groups in total. The fraction of sp³-hybridized carbons (Fsp3) is 0.214. The number of amides is 1. The second kappa shape index (κ2) is 6.63. The van der Waals surface area contributed by atoms with Crippen molar-refractivity contribution in [3.05, 3.63) is 36.4 Å². The lowest BCUT2D eigenvalue weighted by Gasteiger charge is -2.12. The maximum atomic E-state index is 10.9. The summed E-state index contributed by atoms with van der Waals surface area (Å²) in [5.41, 5.74) is 0.767. The van der Waals surface area contributed by atoms with Crippen molar-refractivity contribution in [3.63, 3.8) is 0 Å². The van der Waals surface area contributed by atoms with E-state index in [9.17, 15) is 13.2 Å². The van der Waals surface area contributed by atoms with Crippen LogP contribution in [0.5, 0.6) is 5.75 Å². The molecule has 0 aliphatic rings. The summed E-state index contributed by atoms with van der Waals surface area (Å²) >= 11 is 0. The van der Waals surface area contributed by atoms with Gasteiger partial charge in [-0.2, -0.15) is 8.42 Å². The van der Waals surface area contributed by atoms with E-state index >= 15 is 0 Å². The van der Waals surface area contributed by atoms with Gasteiger partial charge in [-0.05, 0) is 12.1 Å². The Morgan fingerprint density at radius 3 is 2.50 bits per heavy atom. The fourth-order valence-electron chi connectivity index (χ4n) is 2.06. The van der Waals surface area contributed by atoms with Gasteiger partial charge in [-0.1, -0.05) is 24.3 Å². The molecule has 0 radical (unpaired) electrons. The molecule has 0 aromatic heterocycles. The summed E-state index contributed by atoms with van der Waals surface area (Å²) in [6.45, 7) is 2.42. The lowest BCUT2D eigenvalue weighted by molar-refractivity contribution is -0.118. The van der Waals surface area contributed by atoms with Gasteiger partial charge in [0.1, 0.15) is 0 Å². The molecule has 0 saturated heterocycles. The van der Waals surface area contributed by atoms with Gasteiger partial charge in [-0.15, -0.1) is 0 Å². The number of nitrogens with one attached hydrogen (secondary N) is 2. The van der Waals surface area contributed by atoms with Crippen molar-refractivity contribution in [2.45, 2.75) is 6.92 Å². The van der Waals surface area contributed by atoms with Gasteiger partial charge in [0.2, 0.25) is 5.91 Å². The van der Waals surface area contributed by atoms with Crippen molar-refractivity contribution in [1.82, 2.24) is 5.32 Å². The maximum absolute atomic E-state index is 10.9. The average Bonchev–Trinajstić information content (AvgIpc) is 2.42. The normalized spacial score (nSPS) is 11.2. The third-order valence-electron chi connectivity index (χ3n) is 2.89. The molecule has 0 unspecified atom stereocenters. The SMILES string of the molecule is CC(=O)NCCNc1cccc2c(OS(=O)(=O)O)cccc12. The average molecular weight is 324 g/mol. The van der Waals surface area contributed by atoms with Crippen LogP contribution in [-0.4, -0.2) is 32.0 Å². The monoisotopic (exact) mass is 324 g/mol. The lowest BCUT2D eigenvalue weighted by Crippen LogP contribution is -2.26. The Kier molecular flexibility index (Phi) is 4.84. The molecule has 0 saturated carbocycles. The molecule has 0 fully saturated rings. The van der Waals surface area contributed by atoms with Gasteiger partial charge in [0.05, 0.1) is 0 Å². The number of benzene rings is 2. The van der Waals surface area contributed by atoms with Crippen molar-refractivity contribution in [1.29, 1.82) is 0 Å². The summed E-state index contributed by atoms with van der Waals surface area (Å²) in [5, 5.41) is 7.11. The van der Waals surface area contributed by atoms with E-state index in [1.54, 1.807) is 24.3 Å². The standard InChI is InChI=1S/C14H16N2O5S/c1-10(17)15-8-9-16-13-6-2-5-12-11(13)4-3-7-14(12)21-22(18,19)20/h2-7,16H,8-9H2,1H3,(H,15,17)(H,18,19,20).